The van der Waals surface area contributed by atoms with E-state index in [2.05, 4.69) is 10.2 Å². The molecule has 0 aliphatic heterocycles. The molecule has 0 saturated carbocycles. The molecule has 0 N–H and O–H groups in total. The molecule has 11 heteroatoms. The topological polar surface area (TPSA) is 116 Å². The zero-order valence-corrected chi connectivity index (χ0v) is 14.8. The first kappa shape index (κ1) is 18.7. The molecule has 0 aliphatic carbocycles. The first-order valence-corrected chi connectivity index (χ1v) is 9.04. The van der Waals surface area contributed by atoms with E-state index in [9.17, 15) is 17.6 Å². The fourth-order valence-electron chi connectivity index (χ4n) is 2.05. The van der Waals surface area contributed by atoms with E-state index < -0.39 is 28.4 Å². The number of nitrogens with zero attached hydrogens (tertiary/aromatic N) is 3. The summed E-state index contributed by atoms with van der Waals surface area (Å²) in [7, 11) is -2.75. The molecule has 142 valence electrons. The number of hydrogen-bond acceptors (Lipinski definition) is 8. The van der Waals surface area contributed by atoms with Crippen LogP contribution in [0.1, 0.15) is 5.89 Å². The van der Waals surface area contributed by atoms with Crippen LogP contribution >= 0.6 is 0 Å². The van der Waals surface area contributed by atoms with Crippen LogP contribution in [0.15, 0.2) is 56.4 Å². The summed E-state index contributed by atoms with van der Waals surface area (Å²) in [6.07, 6.45) is 1.44. The Kier molecular flexibility index (Phi) is 5.33. The summed E-state index contributed by atoms with van der Waals surface area (Å²) in [6, 6.07) is 7.54. The molecule has 0 fully saturated rings. The third-order valence-corrected chi connectivity index (χ3v) is 5.25. The van der Waals surface area contributed by atoms with Crippen molar-refractivity contribution in [2.75, 3.05) is 13.6 Å². The molecule has 0 saturated heterocycles. The number of carbonyl (C=O) groups is 1. The number of likely N-dealkylation sites (N-methyl/N-ethyl adjacent to an activating group) is 1. The van der Waals surface area contributed by atoms with Gasteiger partial charge >= 0.3 is 5.97 Å². The maximum absolute atomic E-state index is 12.9. The lowest BCUT2D eigenvalue weighted by atomic mass is 10.4. The first-order valence-electron chi connectivity index (χ1n) is 7.60. The molecule has 1 aromatic carbocycles. The van der Waals surface area contributed by atoms with Gasteiger partial charge in [0.05, 0.1) is 11.2 Å². The highest BCUT2D eigenvalue weighted by Crippen LogP contribution is 2.18. The lowest BCUT2D eigenvalue weighted by Gasteiger charge is -2.16. The van der Waals surface area contributed by atoms with Crippen molar-refractivity contribution in [2.45, 2.75) is 11.5 Å². The molecule has 2 heterocycles. The van der Waals surface area contributed by atoms with Gasteiger partial charge in [0.2, 0.25) is 10.0 Å². The van der Waals surface area contributed by atoms with Crippen molar-refractivity contribution in [3.05, 3.63) is 54.4 Å². The molecule has 9 nitrogen and oxygen atoms in total. The lowest BCUT2D eigenvalue weighted by molar-refractivity contribution is -0.145. The predicted molar refractivity (Wildman–Crippen MR) is 88.0 cm³/mol. The Labute approximate surface area is 153 Å². The van der Waals surface area contributed by atoms with E-state index in [4.69, 9.17) is 13.6 Å². The second-order valence-corrected chi connectivity index (χ2v) is 7.40. The number of esters is 1. The number of halogens is 1. The van der Waals surface area contributed by atoms with Crippen LogP contribution in [0.4, 0.5) is 4.39 Å². The smallest absolute Gasteiger partial charge is 0.321 e. The summed E-state index contributed by atoms with van der Waals surface area (Å²) in [5.41, 5.74) is 0. The zero-order valence-electron chi connectivity index (χ0n) is 14.0. The van der Waals surface area contributed by atoms with Gasteiger partial charge in [0.15, 0.2) is 12.4 Å². The van der Waals surface area contributed by atoms with Gasteiger partial charge in [-0.1, -0.05) is 0 Å². The Morgan fingerprint density at radius 1 is 1.22 bits per heavy atom. The minimum atomic E-state index is -3.96. The summed E-state index contributed by atoms with van der Waals surface area (Å²) >= 11 is 0. The van der Waals surface area contributed by atoms with Crippen LogP contribution in [0.2, 0.25) is 0 Å². The van der Waals surface area contributed by atoms with Crippen molar-refractivity contribution in [2.24, 2.45) is 0 Å². The summed E-state index contributed by atoms with van der Waals surface area (Å²) in [5, 5.41) is 7.45. The number of carbonyl (C=O) groups excluding carboxylic acids is 1. The summed E-state index contributed by atoms with van der Waals surface area (Å²) in [5.74, 6) is -0.864. The number of benzene rings is 1. The molecule has 0 unspecified atom stereocenters. The summed E-state index contributed by atoms with van der Waals surface area (Å²) in [4.78, 5) is 11.8. The van der Waals surface area contributed by atoms with Crippen LogP contribution in [0, 0.1) is 5.82 Å². The van der Waals surface area contributed by atoms with Gasteiger partial charge in [-0.05, 0) is 36.4 Å². The van der Waals surface area contributed by atoms with E-state index in [-0.39, 0.29) is 23.3 Å². The molecular formula is C16H14FN3O6S. The molecule has 0 amide bonds. The van der Waals surface area contributed by atoms with Gasteiger partial charge in [-0.2, -0.15) is 4.31 Å². The van der Waals surface area contributed by atoms with Crippen LogP contribution in [0.5, 0.6) is 0 Å². The number of rotatable bonds is 7. The molecule has 3 aromatic rings. The minimum Gasteiger partial charge on any atom is -0.459 e. The van der Waals surface area contributed by atoms with Gasteiger partial charge in [0.1, 0.15) is 12.4 Å². The maximum atomic E-state index is 12.9. The fraction of sp³-hybridized carbons (Fsp3) is 0.188. The molecule has 0 radical (unpaired) electrons. The Morgan fingerprint density at radius 2 is 1.96 bits per heavy atom. The van der Waals surface area contributed by atoms with Gasteiger partial charge in [-0.3, -0.25) is 4.79 Å². The maximum Gasteiger partial charge on any atom is 0.321 e. The van der Waals surface area contributed by atoms with Crippen molar-refractivity contribution >= 4 is 16.0 Å². The highest BCUT2D eigenvalue weighted by atomic mass is 32.2. The molecule has 2 aromatic heterocycles. The average molecular weight is 395 g/mol. The normalized spacial score (nSPS) is 11.7. The number of ether oxygens (including phenoxy) is 1. The monoisotopic (exact) mass is 395 g/mol. The average Bonchev–Trinajstić information content (AvgIpc) is 3.31. The first-order chi connectivity index (χ1) is 12.9. The van der Waals surface area contributed by atoms with Gasteiger partial charge in [-0.15, -0.1) is 10.2 Å². The standard InChI is InChI=1S/C16H14FN3O6S/c1-20(27(22,23)12-6-4-11(17)5-7-12)9-15(21)25-10-14-18-19-16(26-14)13-3-2-8-24-13/h2-8H,9-10H2,1H3. The Balaban J connectivity index is 1.56. The van der Waals surface area contributed by atoms with E-state index in [0.717, 1.165) is 28.6 Å². The SMILES string of the molecule is CN(CC(=O)OCc1nnc(-c2ccco2)o1)S(=O)(=O)c1ccc(F)cc1. The van der Waals surface area contributed by atoms with Crippen molar-refractivity contribution in [1.82, 2.24) is 14.5 Å². The molecule has 3 rings (SSSR count). The zero-order chi connectivity index (χ0) is 19.4. The van der Waals surface area contributed by atoms with E-state index in [1.54, 1.807) is 12.1 Å². The Hall–Kier alpha value is -3.05. The van der Waals surface area contributed by atoms with E-state index >= 15 is 0 Å². The van der Waals surface area contributed by atoms with E-state index in [0.29, 0.717) is 5.76 Å². The molecule has 0 aliphatic rings. The van der Waals surface area contributed by atoms with Gasteiger partial charge in [0, 0.05) is 7.05 Å². The van der Waals surface area contributed by atoms with E-state index in [1.807, 2.05) is 0 Å². The van der Waals surface area contributed by atoms with E-state index in [1.165, 1.54) is 13.3 Å². The van der Waals surface area contributed by atoms with Crippen molar-refractivity contribution < 1.29 is 31.2 Å². The lowest BCUT2D eigenvalue weighted by Crippen LogP contribution is -2.33. The number of sulfonamides is 1. The quantitative estimate of drug-likeness (QED) is 0.557. The van der Waals surface area contributed by atoms with Gasteiger partial charge < -0.3 is 13.6 Å². The van der Waals surface area contributed by atoms with Crippen molar-refractivity contribution in [3.8, 4) is 11.7 Å². The number of hydrogen-bond donors (Lipinski definition) is 0. The highest BCUT2D eigenvalue weighted by molar-refractivity contribution is 7.89. The molecule has 27 heavy (non-hydrogen) atoms. The van der Waals surface area contributed by atoms with Crippen LogP contribution in [0.3, 0.4) is 0 Å². The second kappa shape index (κ2) is 7.68. The number of furan rings is 1. The highest BCUT2D eigenvalue weighted by Gasteiger charge is 2.24. The third kappa shape index (κ3) is 4.38. The Morgan fingerprint density at radius 3 is 2.63 bits per heavy atom. The Bertz CT molecular complexity index is 1010. The number of aromatic nitrogens is 2. The minimum absolute atomic E-state index is 0.0267. The van der Waals surface area contributed by atoms with Crippen molar-refractivity contribution in [1.29, 1.82) is 0 Å². The van der Waals surface area contributed by atoms with Crippen LogP contribution in [0.25, 0.3) is 11.7 Å². The third-order valence-electron chi connectivity index (χ3n) is 3.43. The van der Waals surface area contributed by atoms with Crippen LogP contribution in [-0.2, 0) is 26.2 Å². The van der Waals surface area contributed by atoms with Crippen LogP contribution < -0.4 is 0 Å². The van der Waals surface area contributed by atoms with Gasteiger partial charge in [0.25, 0.3) is 11.8 Å². The second-order valence-electron chi connectivity index (χ2n) is 5.35. The predicted octanol–water partition coefficient (Wildman–Crippen LogP) is 1.83. The molecule has 0 spiro atoms. The van der Waals surface area contributed by atoms with Crippen molar-refractivity contribution in [3.63, 3.8) is 0 Å². The van der Waals surface area contributed by atoms with Gasteiger partial charge in [-0.25, -0.2) is 12.8 Å². The molecular weight excluding hydrogens is 381 g/mol. The van der Waals surface area contributed by atoms with Crippen LogP contribution in [-0.4, -0.2) is 42.5 Å². The summed E-state index contributed by atoms with van der Waals surface area (Å²) < 4.78 is 53.7. The fourth-order valence-corrected chi connectivity index (χ4v) is 3.17. The summed E-state index contributed by atoms with van der Waals surface area (Å²) in [6.45, 7) is -0.865. The molecule has 0 atom stereocenters. The molecule has 0 bridgehead atoms. The largest absolute Gasteiger partial charge is 0.459 e.